The molecule has 5 nitrogen and oxygen atoms in total. The Bertz CT molecular complexity index is 741. The molecular weight excluding hydrogens is 326 g/mol. The number of nitrogens with zero attached hydrogens (tertiary/aromatic N) is 3. The van der Waals surface area contributed by atoms with Crippen molar-refractivity contribution in [3.63, 3.8) is 0 Å². The molecule has 1 fully saturated rings. The highest BCUT2D eigenvalue weighted by Gasteiger charge is 2.43. The lowest BCUT2D eigenvalue weighted by molar-refractivity contribution is -0.159. The van der Waals surface area contributed by atoms with Gasteiger partial charge in [-0.1, -0.05) is 30.3 Å². The van der Waals surface area contributed by atoms with Gasteiger partial charge in [-0.25, -0.2) is 0 Å². The quantitative estimate of drug-likeness (QED) is 0.747. The standard InChI is InChI=1S/C21H29N3O2/c1-4-26-20(25)21(13-18-9-6-5-7-10-18)11-8-12-24(16-21)15-19-14-23(3)22-17(19)2/h5-7,9-10,14H,4,8,11-13,15-16H2,1-3H3. The highest BCUT2D eigenvalue weighted by atomic mass is 16.5. The molecule has 0 amide bonds. The zero-order valence-corrected chi connectivity index (χ0v) is 16.1. The van der Waals surface area contributed by atoms with E-state index in [1.807, 2.05) is 43.8 Å². The van der Waals surface area contributed by atoms with Gasteiger partial charge in [0.05, 0.1) is 17.7 Å². The molecule has 1 atom stereocenters. The maximum absolute atomic E-state index is 12.9. The summed E-state index contributed by atoms with van der Waals surface area (Å²) in [6, 6.07) is 10.3. The first-order chi connectivity index (χ1) is 12.5. The van der Waals surface area contributed by atoms with Crippen LogP contribution >= 0.6 is 0 Å². The molecule has 2 aromatic rings. The molecule has 3 rings (SSSR count). The summed E-state index contributed by atoms with van der Waals surface area (Å²) in [5.41, 5.74) is 3.01. The Kier molecular flexibility index (Phi) is 5.77. The van der Waals surface area contributed by atoms with E-state index in [0.29, 0.717) is 6.61 Å². The topological polar surface area (TPSA) is 47.4 Å². The molecule has 0 spiro atoms. The van der Waals surface area contributed by atoms with Gasteiger partial charge in [0, 0.05) is 31.9 Å². The lowest BCUT2D eigenvalue weighted by Crippen LogP contribution is -2.49. The van der Waals surface area contributed by atoms with E-state index in [1.54, 1.807) is 0 Å². The molecule has 2 heterocycles. The average Bonchev–Trinajstić information content (AvgIpc) is 2.93. The van der Waals surface area contributed by atoms with Crippen molar-refractivity contribution >= 4 is 5.97 Å². The summed E-state index contributed by atoms with van der Waals surface area (Å²) in [7, 11) is 1.95. The molecule has 0 aliphatic carbocycles. The van der Waals surface area contributed by atoms with E-state index >= 15 is 0 Å². The number of hydrogen-bond acceptors (Lipinski definition) is 4. The average molecular weight is 355 g/mol. The van der Waals surface area contributed by atoms with Crippen LogP contribution in [-0.4, -0.2) is 40.3 Å². The van der Waals surface area contributed by atoms with E-state index in [4.69, 9.17) is 4.74 Å². The number of benzene rings is 1. The molecule has 1 aliphatic heterocycles. The number of hydrogen-bond donors (Lipinski definition) is 0. The molecule has 1 aromatic carbocycles. The number of rotatable bonds is 6. The van der Waals surface area contributed by atoms with Crippen LogP contribution < -0.4 is 0 Å². The lowest BCUT2D eigenvalue weighted by atomic mass is 9.75. The normalized spacial score (nSPS) is 20.9. The summed E-state index contributed by atoms with van der Waals surface area (Å²) >= 11 is 0. The minimum absolute atomic E-state index is 0.0588. The summed E-state index contributed by atoms with van der Waals surface area (Å²) in [5.74, 6) is -0.0588. The zero-order chi connectivity index (χ0) is 18.6. The van der Waals surface area contributed by atoms with Crippen LogP contribution in [0.1, 0.15) is 36.6 Å². The van der Waals surface area contributed by atoms with Crippen molar-refractivity contribution in [3.8, 4) is 0 Å². The van der Waals surface area contributed by atoms with Crippen LogP contribution in [0.15, 0.2) is 36.5 Å². The predicted molar refractivity (Wildman–Crippen MR) is 102 cm³/mol. The van der Waals surface area contributed by atoms with Crippen LogP contribution in [0.3, 0.4) is 0 Å². The van der Waals surface area contributed by atoms with E-state index in [2.05, 4.69) is 28.3 Å². The zero-order valence-electron chi connectivity index (χ0n) is 16.1. The van der Waals surface area contributed by atoms with Gasteiger partial charge in [-0.15, -0.1) is 0 Å². The Balaban J connectivity index is 1.81. The third-order valence-corrected chi connectivity index (χ3v) is 5.26. The first kappa shape index (κ1) is 18.6. The number of ether oxygens (including phenoxy) is 1. The fraction of sp³-hybridized carbons (Fsp3) is 0.524. The maximum atomic E-state index is 12.9. The molecule has 1 aromatic heterocycles. The van der Waals surface area contributed by atoms with Crippen molar-refractivity contribution < 1.29 is 9.53 Å². The number of carbonyl (C=O) groups excluding carboxylic acids is 1. The van der Waals surface area contributed by atoms with Crippen LogP contribution in [-0.2, 0) is 29.5 Å². The van der Waals surface area contributed by atoms with E-state index < -0.39 is 5.41 Å². The van der Waals surface area contributed by atoms with Crippen molar-refractivity contribution in [1.29, 1.82) is 0 Å². The van der Waals surface area contributed by atoms with Crippen LogP contribution in [0.4, 0.5) is 0 Å². The Morgan fingerprint density at radius 3 is 2.73 bits per heavy atom. The van der Waals surface area contributed by atoms with E-state index in [9.17, 15) is 4.79 Å². The van der Waals surface area contributed by atoms with Gasteiger partial charge >= 0.3 is 5.97 Å². The predicted octanol–water partition coefficient (Wildman–Crippen LogP) is 3.12. The summed E-state index contributed by atoms with van der Waals surface area (Å²) in [4.78, 5) is 15.3. The SMILES string of the molecule is CCOC(=O)C1(Cc2ccccc2)CCCN(Cc2cn(C)nc2C)C1. The van der Waals surface area contributed by atoms with Crippen molar-refractivity contribution in [1.82, 2.24) is 14.7 Å². The molecule has 140 valence electrons. The number of esters is 1. The highest BCUT2D eigenvalue weighted by Crippen LogP contribution is 2.36. The van der Waals surface area contributed by atoms with Gasteiger partial charge in [-0.3, -0.25) is 14.4 Å². The van der Waals surface area contributed by atoms with Gasteiger partial charge in [0.15, 0.2) is 0 Å². The number of aryl methyl sites for hydroxylation is 2. The monoisotopic (exact) mass is 355 g/mol. The molecule has 0 N–H and O–H groups in total. The molecule has 0 bridgehead atoms. The maximum Gasteiger partial charge on any atom is 0.313 e. The van der Waals surface area contributed by atoms with Crippen molar-refractivity contribution in [3.05, 3.63) is 53.3 Å². The first-order valence-electron chi connectivity index (χ1n) is 9.45. The van der Waals surface area contributed by atoms with Crippen molar-refractivity contribution in [2.75, 3.05) is 19.7 Å². The van der Waals surface area contributed by atoms with Gasteiger partial charge in [-0.2, -0.15) is 5.10 Å². The van der Waals surface area contributed by atoms with Crippen molar-refractivity contribution in [2.24, 2.45) is 12.5 Å². The molecule has 1 unspecified atom stereocenters. The third kappa shape index (κ3) is 4.15. The van der Waals surface area contributed by atoms with E-state index in [-0.39, 0.29) is 5.97 Å². The van der Waals surface area contributed by atoms with Gasteiger partial charge in [0.2, 0.25) is 0 Å². The molecule has 0 saturated carbocycles. The van der Waals surface area contributed by atoms with Gasteiger partial charge < -0.3 is 4.74 Å². The minimum atomic E-state index is -0.467. The van der Waals surface area contributed by atoms with Crippen LogP contribution in [0.25, 0.3) is 0 Å². The molecule has 26 heavy (non-hydrogen) atoms. The summed E-state index contributed by atoms with van der Waals surface area (Å²) < 4.78 is 7.36. The number of carbonyl (C=O) groups is 1. The largest absolute Gasteiger partial charge is 0.466 e. The Morgan fingerprint density at radius 2 is 2.08 bits per heavy atom. The van der Waals surface area contributed by atoms with E-state index in [1.165, 1.54) is 11.1 Å². The Morgan fingerprint density at radius 1 is 1.31 bits per heavy atom. The summed E-state index contributed by atoms with van der Waals surface area (Å²) in [6.07, 6.45) is 4.69. The summed E-state index contributed by atoms with van der Waals surface area (Å²) in [5, 5.41) is 4.44. The molecule has 0 radical (unpaired) electrons. The number of piperidine rings is 1. The molecule has 5 heteroatoms. The van der Waals surface area contributed by atoms with Crippen molar-refractivity contribution in [2.45, 2.75) is 39.7 Å². The second-order valence-electron chi connectivity index (χ2n) is 7.39. The van der Waals surface area contributed by atoms with Crippen LogP contribution in [0, 0.1) is 12.3 Å². The first-order valence-corrected chi connectivity index (χ1v) is 9.45. The fourth-order valence-corrected chi connectivity index (χ4v) is 4.06. The second kappa shape index (κ2) is 8.04. The smallest absolute Gasteiger partial charge is 0.313 e. The van der Waals surface area contributed by atoms with Crippen LogP contribution in [0.2, 0.25) is 0 Å². The van der Waals surface area contributed by atoms with Gasteiger partial charge in [-0.05, 0) is 45.2 Å². The molecule has 1 aliphatic rings. The molecule has 1 saturated heterocycles. The Hall–Kier alpha value is -2.14. The third-order valence-electron chi connectivity index (χ3n) is 5.26. The fourth-order valence-electron chi connectivity index (χ4n) is 4.06. The Labute approximate surface area is 156 Å². The highest BCUT2D eigenvalue weighted by molar-refractivity contribution is 5.77. The van der Waals surface area contributed by atoms with Gasteiger partial charge in [0.25, 0.3) is 0 Å². The minimum Gasteiger partial charge on any atom is -0.466 e. The molecular formula is C21H29N3O2. The van der Waals surface area contributed by atoms with Gasteiger partial charge in [0.1, 0.15) is 0 Å². The second-order valence-corrected chi connectivity index (χ2v) is 7.39. The summed E-state index contributed by atoms with van der Waals surface area (Å²) in [6.45, 7) is 6.92. The van der Waals surface area contributed by atoms with Crippen LogP contribution in [0.5, 0.6) is 0 Å². The number of likely N-dealkylation sites (tertiary alicyclic amines) is 1. The van der Waals surface area contributed by atoms with E-state index in [0.717, 1.165) is 44.6 Å². The number of aromatic nitrogens is 2. The lowest BCUT2D eigenvalue weighted by Gasteiger charge is -2.41.